The SMILES string of the molecule is C[C@@](O)(CNC(=O)c1nc2ccccc2s1)Cc1ccco1. The number of thiazole rings is 1. The lowest BCUT2D eigenvalue weighted by Crippen LogP contribution is -2.42. The van der Waals surface area contributed by atoms with E-state index < -0.39 is 5.60 Å². The minimum absolute atomic E-state index is 0.127. The maximum Gasteiger partial charge on any atom is 0.280 e. The highest BCUT2D eigenvalue weighted by Gasteiger charge is 2.24. The van der Waals surface area contributed by atoms with Crippen LogP contribution in [0.2, 0.25) is 0 Å². The normalized spacial score (nSPS) is 13.9. The minimum atomic E-state index is -1.08. The third-order valence-corrected chi connectivity index (χ3v) is 4.29. The van der Waals surface area contributed by atoms with Crippen LogP contribution in [0.25, 0.3) is 10.2 Å². The van der Waals surface area contributed by atoms with Gasteiger partial charge in [0.15, 0.2) is 5.01 Å². The van der Waals surface area contributed by atoms with E-state index in [4.69, 9.17) is 4.42 Å². The van der Waals surface area contributed by atoms with Gasteiger partial charge in [0, 0.05) is 13.0 Å². The van der Waals surface area contributed by atoms with Gasteiger partial charge in [-0.25, -0.2) is 4.98 Å². The molecule has 0 saturated carbocycles. The second kappa shape index (κ2) is 5.90. The van der Waals surface area contributed by atoms with E-state index in [1.807, 2.05) is 24.3 Å². The molecule has 0 aliphatic rings. The van der Waals surface area contributed by atoms with E-state index in [0.717, 1.165) is 10.2 Å². The summed E-state index contributed by atoms with van der Waals surface area (Å²) < 4.78 is 6.19. The number of fused-ring (bicyclic) bond motifs is 1. The van der Waals surface area contributed by atoms with Gasteiger partial charge in [0.2, 0.25) is 0 Å². The van der Waals surface area contributed by atoms with Crippen LogP contribution >= 0.6 is 11.3 Å². The molecule has 3 rings (SSSR count). The molecule has 0 aliphatic heterocycles. The largest absolute Gasteiger partial charge is 0.469 e. The molecule has 0 spiro atoms. The molecule has 6 heteroatoms. The summed E-state index contributed by atoms with van der Waals surface area (Å²) in [7, 11) is 0. The topological polar surface area (TPSA) is 75.4 Å². The van der Waals surface area contributed by atoms with Crippen molar-refractivity contribution in [1.29, 1.82) is 0 Å². The molecule has 0 aliphatic carbocycles. The first-order valence-corrected chi connectivity index (χ1v) is 7.74. The zero-order valence-corrected chi connectivity index (χ0v) is 12.9. The minimum Gasteiger partial charge on any atom is -0.469 e. The monoisotopic (exact) mass is 316 g/mol. The van der Waals surface area contributed by atoms with Crippen molar-refractivity contribution in [3.05, 3.63) is 53.4 Å². The summed E-state index contributed by atoms with van der Waals surface area (Å²) in [5, 5.41) is 13.5. The van der Waals surface area contributed by atoms with E-state index in [2.05, 4.69) is 10.3 Å². The van der Waals surface area contributed by atoms with Crippen molar-refractivity contribution in [2.45, 2.75) is 18.9 Å². The van der Waals surface area contributed by atoms with Gasteiger partial charge < -0.3 is 14.8 Å². The molecule has 0 saturated heterocycles. The van der Waals surface area contributed by atoms with Crippen molar-refractivity contribution in [2.24, 2.45) is 0 Å². The Balaban J connectivity index is 1.64. The Morgan fingerprint density at radius 1 is 1.36 bits per heavy atom. The number of para-hydroxylation sites is 1. The zero-order valence-electron chi connectivity index (χ0n) is 12.1. The van der Waals surface area contributed by atoms with E-state index in [1.54, 1.807) is 25.3 Å². The summed E-state index contributed by atoms with van der Waals surface area (Å²) in [6.45, 7) is 1.79. The fraction of sp³-hybridized carbons (Fsp3) is 0.250. The lowest BCUT2D eigenvalue weighted by molar-refractivity contribution is 0.0510. The molecule has 0 fully saturated rings. The van der Waals surface area contributed by atoms with Crippen LogP contribution in [0.1, 0.15) is 22.5 Å². The van der Waals surface area contributed by atoms with Gasteiger partial charge in [-0.2, -0.15) is 0 Å². The third kappa shape index (κ3) is 3.35. The summed E-state index contributed by atoms with van der Waals surface area (Å²) in [5.74, 6) is 0.403. The van der Waals surface area contributed by atoms with Crippen LogP contribution in [0.15, 0.2) is 47.1 Å². The molecule has 0 radical (unpaired) electrons. The fourth-order valence-electron chi connectivity index (χ4n) is 2.17. The number of carbonyl (C=O) groups excluding carboxylic acids is 1. The standard InChI is InChI=1S/C16H16N2O3S/c1-16(20,9-11-5-4-8-21-11)10-17-14(19)15-18-12-6-2-3-7-13(12)22-15/h2-8,20H,9-10H2,1H3,(H,17,19)/t16-/m0/s1. The Morgan fingerprint density at radius 2 is 2.18 bits per heavy atom. The van der Waals surface area contributed by atoms with Crippen molar-refractivity contribution in [3.63, 3.8) is 0 Å². The Morgan fingerprint density at radius 3 is 2.91 bits per heavy atom. The predicted molar refractivity (Wildman–Crippen MR) is 85.0 cm³/mol. The third-order valence-electron chi connectivity index (χ3n) is 3.25. The number of benzene rings is 1. The molecule has 2 N–H and O–H groups in total. The molecule has 2 aromatic heterocycles. The van der Waals surface area contributed by atoms with Crippen LogP contribution in [0, 0.1) is 0 Å². The van der Waals surface area contributed by atoms with Crippen molar-refractivity contribution < 1.29 is 14.3 Å². The van der Waals surface area contributed by atoms with E-state index >= 15 is 0 Å². The number of aromatic nitrogens is 1. The number of hydrogen-bond donors (Lipinski definition) is 2. The molecule has 5 nitrogen and oxygen atoms in total. The molecule has 2 heterocycles. The van der Waals surface area contributed by atoms with Crippen LogP contribution in [-0.2, 0) is 6.42 Å². The number of amides is 1. The van der Waals surface area contributed by atoms with Gasteiger partial charge in [-0.1, -0.05) is 12.1 Å². The van der Waals surface area contributed by atoms with Gasteiger partial charge in [0.05, 0.1) is 22.1 Å². The zero-order chi connectivity index (χ0) is 15.6. The van der Waals surface area contributed by atoms with E-state index in [1.165, 1.54) is 11.3 Å². The van der Waals surface area contributed by atoms with Crippen LogP contribution in [0.3, 0.4) is 0 Å². The molecular weight excluding hydrogens is 300 g/mol. The molecule has 0 unspecified atom stereocenters. The van der Waals surface area contributed by atoms with Crippen molar-refractivity contribution in [1.82, 2.24) is 10.3 Å². The number of rotatable bonds is 5. The first-order valence-electron chi connectivity index (χ1n) is 6.92. The van der Waals surface area contributed by atoms with E-state index in [9.17, 15) is 9.90 Å². The quantitative estimate of drug-likeness (QED) is 0.759. The molecule has 114 valence electrons. The van der Waals surface area contributed by atoms with E-state index in [0.29, 0.717) is 17.2 Å². The average Bonchev–Trinajstić information content (AvgIpc) is 3.13. The van der Waals surface area contributed by atoms with Crippen LogP contribution < -0.4 is 5.32 Å². The Kier molecular flexibility index (Phi) is 3.96. The lowest BCUT2D eigenvalue weighted by Gasteiger charge is -2.22. The molecule has 0 bridgehead atoms. The molecule has 3 aromatic rings. The summed E-state index contributed by atoms with van der Waals surface area (Å²) >= 11 is 1.34. The maximum atomic E-state index is 12.2. The molecule has 1 atom stereocenters. The molecule has 1 amide bonds. The van der Waals surface area contributed by atoms with Crippen molar-refractivity contribution in [2.75, 3.05) is 6.54 Å². The van der Waals surface area contributed by atoms with Gasteiger partial charge in [0.1, 0.15) is 5.76 Å². The number of nitrogens with one attached hydrogen (secondary N) is 1. The average molecular weight is 316 g/mol. The Bertz CT molecular complexity index is 745. The first-order chi connectivity index (χ1) is 10.5. The van der Waals surface area contributed by atoms with Gasteiger partial charge in [0.25, 0.3) is 5.91 Å². The predicted octanol–water partition coefficient (Wildman–Crippen LogP) is 2.61. The Labute approximate surface area is 131 Å². The summed E-state index contributed by atoms with van der Waals surface area (Å²) in [6, 6.07) is 11.2. The van der Waals surface area contributed by atoms with Crippen molar-refractivity contribution >= 4 is 27.5 Å². The highest BCUT2D eigenvalue weighted by atomic mass is 32.1. The van der Waals surface area contributed by atoms with Gasteiger partial charge in [-0.3, -0.25) is 4.79 Å². The van der Waals surface area contributed by atoms with Gasteiger partial charge in [-0.05, 0) is 31.2 Å². The second-order valence-corrected chi connectivity index (χ2v) is 6.45. The lowest BCUT2D eigenvalue weighted by atomic mass is 10.0. The fourth-order valence-corrected chi connectivity index (χ4v) is 3.05. The molecule has 1 aromatic carbocycles. The first kappa shape index (κ1) is 14.7. The second-order valence-electron chi connectivity index (χ2n) is 5.42. The smallest absolute Gasteiger partial charge is 0.280 e. The van der Waals surface area contributed by atoms with Gasteiger partial charge >= 0.3 is 0 Å². The van der Waals surface area contributed by atoms with Crippen LogP contribution in [0.5, 0.6) is 0 Å². The van der Waals surface area contributed by atoms with Crippen LogP contribution in [-0.4, -0.2) is 28.1 Å². The summed E-state index contributed by atoms with van der Waals surface area (Å²) in [4.78, 5) is 16.5. The van der Waals surface area contributed by atoms with Gasteiger partial charge in [-0.15, -0.1) is 11.3 Å². The summed E-state index contributed by atoms with van der Waals surface area (Å²) in [5.41, 5.74) is -0.274. The number of furan rings is 1. The number of aliphatic hydroxyl groups is 1. The maximum absolute atomic E-state index is 12.2. The molecule has 22 heavy (non-hydrogen) atoms. The number of carbonyl (C=O) groups is 1. The van der Waals surface area contributed by atoms with E-state index in [-0.39, 0.29) is 12.5 Å². The summed E-state index contributed by atoms with van der Waals surface area (Å²) in [6.07, 6.45) is 1.89. The highest BCUT2D eigenvalue weighted by molar-refractivity contribution is 7.20. The number of nitrogens with zero attached hydrogens (tertiary/aromatic N) is 1. The van der Waals surface area contributed by atoms with Crippen molar-refractivity contribution in [3.8, 4) is 0 Å². The highest BCUT2D eigenvalue weighted by Crippen LogP contribution is 2.21. The number of hydrogen-bond acceptors (Lipinski definition) is 5. The molecular formula is C16H16N2O3S. The Hall–Kier alpha value is -2.18. The van der Waals surface area contributed by atoms with Crippen LogP contribution in [0.4, 0.5) is 0 Å².